The molecule has 0 aliphatic rings. The number of hydrogen-bond acceptors (Lipinski definition) is 2. The summed E-state index contributed by atoms with van der Waals surface area (Å²) in [7, 11) is 0. The number of halogens is 1. The maximum absolute atomic E-state index is 11.0. The summed E-state index contributed by atoms with van der Waals surface area (Å²) in [5.74, 6) is 0.132. The molecule has 4 heteroatoms. The van der Waals surface area contributed by atoms with Crippen molar-refractivity contribution in [3.8, 4) is 0 Å². The van der Waals surface area contributed by atoms with E-state index in [0.717, 1.165) is 9.26 Å². The van der Waals surface area contributed by atoms with Crippen LogP contribution in [0.4, 0.5) is 5.69 Å². The zero-order valence-electron chi connectivity index (χ0n) is 7.17. The maximum atomic E-state index is 11.0. The van der Waals surface area contributed by atoms with E-state index in [-0.39, 0.29) is 11.7 Å². The number of hydrogen-bond donors (Lipinski definition) is 2. The van der Waals surface area contributed by atoms with Gasteiger partial charge in [-0.3, -0.25) is 4.79 Å². The van der Waals surface area contributed by atoms with Crippen LogP contribution in [-0.4, -0.2) is 11.7 Å². The summed E-state index contributed by atoms with van der Waals surface area (Å²) in [6, 6.07) is 5.81. The zero-order chi connectivity index (χ0) is 9.84. The van der Waals surface area contributed by atoms with Crippen LogP contribution in [0.3, 0.4) is 0 Å². The molecule has 0 unspecified atom stereocenters. The van der Waals surface area contributed by atoms with E-state index in [1.807, 2.05) is 25.1 Å². The molecule has 1 N–H and O–H groups in total. The molecule has 1 aromatic carbocycles. The monoisotopic (exact) mass is 307 g/mol. The van der Waals surface area contributed by atoms with Crippen molar-refractivity contribution in [3.05, 3.63) is 27.3 Å². The molecule has 70 valence electrons. The van der Waals surface area contributed by atoms with Gasteiger partial charge in [0, 0.05) is 9.26 Å². The number of anilines is 1. The average Bonchev–Trinajstić information content (AvgIpc) is 2.11. The Labute approximate surface area is 96.7 Å². The topological polar surface area (TPSA) is 29.1 Å². The molecule has 13 heavy (non-hydrogen) atoms. The molecule has 1 amide bonds. The maximum Gasteiger partial charge on any atom is 0.234 e. The van der Waals surface area contributed by atoms with Crippen molar-refractivity contribution in [1.82, 2.24) is 0 Å². The Kier molecular flexibility index (Phi) is 4.05. The zero-order valence-corrected chi connectivity index (χ0v) is 10.2. The number of amides is 1. The third-order valence-corrected chi connectivity index (χ3v) is 3.05. The van der Waals surface area contributed by atoms with E-state index in [4.69, 9.17) is 0 Å². The van der Waals surface area contributed by atoms with Crippen LogP contribution < -0.4 is 5.32 Å². The van der Waals surface area contributed by atoms with Crippen molar-refractivity contribution in [2.24, 2.45) is 0 Å². The summed E-state index contributed by atoms with van der Waals surface area (Å²) in [5.41, 5.74) is 2.04. The average molecular weight is 307 g/mol. The van der Waals surface area contributed by atoms with Gasteiger partial charge in [0.05, 0.1) is 5.75 Å². The summed E-state index contributed by atoms with van der Waals surface area (Å²) in [6.45, 7) is 2.03. The number of thiol groups is 1. The number of rotatable bonds is 2. The summed E-state index contributed by atoms with van der Waals surface area (Å²) in [6.07, 6.45) is 0. The highest BCUT2D eigenvalue weighted by atomic mass is 127. The van der Waals surface area contributed by atoms with E-state index in [0.29, 0.717) is 0 Å². The first-order valence-electron chi connectivity index (χ1n) is 3.80. The smallest absolute Gasteiger partial charge is 0.234 e. The second kappa shape index (κ2) is 4.85. The lowest BCUT2D eigenvalue weighted by atomic mass is 10.2. The third-order valence-electron chi connectivity index (χ3n) is 1.60. The fraction of sp³-hybridized carbons (Fsp3) is 0.222. The van der Waals surface area contributed by atoms with Gasteiger partial charge in [0.15, 0.2) is 0 Å². The lowest BCUT2D eigenvalue weighted by Gasteiger charge is -2.04. The first kappa shape index (κ1) is 10.8. The van der Waals surface area contributed by atoms with E-state index in [1.165, 1.54) is 5.56 Å². The van der Waals surface area contributed by atoms with Gasteiger partial charge in [0.1, 0.15) is 0 Å². The number of nitrogens with one attached hydrogen (secondary N) is 1. The summed E-state index contributed by atoms with van der Waals surface area (Å²) in [4.78, 5) is 11.0. The molecule has 1 aromatic rings. The first-order valence-corrected chi connectivity index (χ1v) is 5.51. The van der Waals surface area contributed by atoms with Crippen LogP contribution in [0.15, 0.2) is 18.2 Å². The third kappa shape index (κ3) is 3.19. The minimum atomic E-state index is -0.0806. The van der Waals surface area contributed by atoms with Gasteiger partial charge in [-0.1, -0.05) is 6.07 Å². The number of carbonyl (C=O) groups is 1. The normalized spacial score (nSPS) is 9.77. The van der Waals surface area contributed by atoms with Gasteiger partial charge in [-0.25, -0.2) is 0 Å². The molecule has 0 atom stereocenters. The van der Waals surface area contributed by atoms with Gasteiger partial charge in [-0.15, -0.1) is 0 Å². The highest BCUT2D eigenvalue weighted by molar-refractivity contribution is 14.1. The minimum absolute atomic E-state index is 0.0806. The van der Waals surface area contributed by atoms with Crippen LogP contribution in [-0.2, 0) is 4.79 Å². The molecule has 0 saturated carbocycles. The molecule has 0 aromatic heterocycles. The van der Waals surface area contributed by atoms with E-state index in [9.17, 15) is 4.79 Å². The van der Waals surface area contributed by atoms with Crippen molar-refractivity contribution < 1.29 is 4.79 Å². The van der Waals surface area contributed by atoms with E-state index >= 15 is 0 Å². The van der Waals surface area contributed by atoms with Gasteiger partial charge >= 0.3 is 0 Å². The molecule has 0 spiro atoms. The van der Waals surface area contributed by atoms with E-state index < -0.39 is 0 Å². The Hall–Kier alpha value is -0.230. The molecule has 0 aliphatic carbocycles. The van der Waals surface area contributed by atoms with Gasteiger partial charge in [-0.2, -0.15) is 12.6 Å². The molecule has 0 saturated heterocycles. The number of aryl methyl sites for hydroxylation is 1. The first-order chi connectivity index (χ1) is 6.13. The standard InChI is InChI=1S/C9H10INOS/c1-6-2-3-7(4-8(6)10)11-9(12)5-13/h2-4,13H,5H2,1H3,(H,11,12). The van der Waals surface area contributed by atoms with Crippen LogP contribution in [0, 0.1) is 10.5 Å². The van der Waals surface area contributed by atoms with Crippen molar-refractivity contribution in [1.29, 1.82) is 0 Å². The fourth-order valence-corrected chi connectivity index (χ4v) is 1.47. The molecule has 1 rings (SSSR count). The van der Waals surface area contributed by atoms with Crippen LogP contribution >= 0.6 is 35.2 Å². The van der Waals surface area contributed by atoms with Crippen molar-refractivity contribution >= 4 is 46.8 Å². The summed E-state index contributed by atoms with van der Waals surface area (Å²) in [5, 5.41) is 2.74. The largest absolute Gasteiger partial charge is 0.325 e. The van der Waals surface area contributed by atoms with Gasteiger partial charge in [0.25, 0.3) is 0 Å². The van der Waals surface area contributed by atoms with Crippen LogP contribution in [0.25, 0.3) is 0 Å². The Morgan fingerprint density at radius 3 is 2.85 bits per heavy atom. The molecule has 0 bridgehead atoms. The summed E-state index contributed by atoms with van der Waals surface area (Å²) < 4.78 is 1.15. The van der Waals surface area contributed by atoms with Crippen molar-refractivity contribution in [2.45, 2.75) is 6.92 Å². The van der Waals surface area contributed by atoms with Crippen molar-refractivity contribution in [3.63, 3.8) is 0 Å². The minimum Gasteiger partial charge on any atom is -0.325 e. The van der Waals surface area contributed by atoms with Crippen LogP contribution in [0.2, 0.25) is 0 Å². The second-order valence-corrected chi connectivity index (χ2v) is 4.15. The molecule has 0 aliphatic heterocycles. The predicted octanol–water partition coefficient (Wildman–Crippen LogP) is 2.47. The predicted molar refractivity (Wildman–Crippen MR) is 66.4 cm³/mol. The van der Waals surface area contributed by atoms with Crippen LogP contribution in [0.5, 0.6) is 0 Å². The highest BCUT2D eigenvalue weighted by Crippen LogP contribution is 2.16. The fourth-order valence-electron chi connectivity index (χ4n) is 0.871. The SMILES string of the molecule is Cc1ccc(NC(=O)CS)cc1I. The Morgan fingerprint density at radius 1 is 1.62 bits per heavy atom. The van der Waals surface area contributed by atoms with E-state index in [1.54, 1.807) is 0 Å². The Balaban J connectivity index is 2.79. The molecule has 0 heterocycles. The lowest BCUT2D eigenvalue weighted by molar-refractivity contribution is -0.113. The van der Waals surface area contributed by atoms with Gasteiger partial charge < -0.3 is 5.32 Å². The van der Waals surface area contributed by atoms with Crippen LogP contribution in [0.1, 0.15) is 5.56 Å². The molecular weight excluding hydrogens is 297 g/mol. The molecule has 2 nitrogen and oxygen atoms in total. The van der Waals surface area contributed by atoms with Crippen molar-refractivity contribution in [2.75, 3.05) is 11.1 Å². The lowest BCUT2D eigenvalue weighted by Crippen LogP contribution is -2.12. The van der Waals surface area contributed by atoms with Gasteiger partial charge in [-0.05, 0) is 47.2 Å². The van der Waals surface area contributed by atoms with Gasteiger partial charge in [0.2, 0.25) is 5.91 Å². The Bertz CT molecular complexity index is 327. The second-order valence-electron chi connectivity index (χ2n) is 2.67. The van der Waals surface area contributed by atoms with E-state index in [2.05, 4.69) is 40.5 Å². The quantitative estimate of drug-likeness (QED) is 0.638. The highest BCUT2D eigenvalue weighted by Gasteiger charge is 2.00. The summed E-state index contributed by atoms with van der Waals surface area (Å²) >= 11 is 6.12. The number of carbonyl (C=O) groups excluding carboxylic acids is 1. The number of benzene rings is 1. The molecule has 0 fully saturated rings. The molecular formula is C9H10INOS. The Morgan fingerprint density at radius 2 is 2.31 bits per heavy atom. The molecule has 0 radical (unpaired) electrons.